The summed E-state index contributed by atoms with van der Waals surface area (Å²) in [6, 6.07) is 0. The Morgan fingerprint density at radius 1 is 1.36 bits per heavy atom. The Kier molecular flexibility index (Phi) is 3.13. The van der Waals surface area contributed by atoms with E-state index in [1.54, 1.807) is 0 Å². The summed E-state index contributed by atoms with van der Waals surface area (Å²) in [5.74, 6) is 0. The molecule has 1 nitrogen and oxygen atoms in total. The molecule has 64 valence electrons. The zero-order valence-corrected chi connectivity index (χ0v) is 7.34. The Morgan fingerprint density at radius 3 is 2.45 bits per heavy atom. The first kappa shape index (κ1) is 8.79. The van der Waals surface area contributed by atoms with Crippen molar-refractivity contribution >= 4 is 0 Å². The van der Waals surface area contributed by atoms with E-state index in [-0.39, 0.29) is 5.41 Å². The molecule has 1 aliphatic rings. The van der Waals surface area contributed by atoms with Gasteiger partial charge in [-0.3, -0.25) is 0 Å². The molecule has 0 aromatic rings. The van der Waals surface area contributed by atoms with Gasteiger partial charge in [-0.1, -0.05) is 25.0 Å². The van der Waals surface area contributed by atoms with Crippen LogP contribution in [-0.2, 0) is 0 Å². The van der Waals surface area contributed by atoms with Gasteiger partial charge < -0.3 is 5.11 Å². The van der Waals surface area contributed by atoms with E-state index in [4.69, 9.17) is 0 Å². The van der Waals surface area contributed by atoms with E-state index < -0.39 is 0 Å². The van der Waals surface area contributed by atoms with E-state index in [1.807, 2.05) is 6.92 Å². The third-order valence-corrected chi connectivity index (χ3v) is 2.79. The SMILES string of the molecule is C/C=C/CC1(CO)CCCC1. The molecule has 1 N–H and O–H groups in total. The third-order valence-electron chi connectivity index (χ3n) is 2.79. The monoisotopic (exact) mass is 154 g/mol. The molecule has 0 aliphatic heterocycles. The van der Waals surface area contributed by atoms with Crippen molar-refractivity contribution in [3.63, 3.8) is 0 Å². The van der Waals surface area contributed by atoms with Gasteiger partial charge in [0.1, 0.15) is 0 Å². The van der Waals surface area contributed by atoms with Crippen LogP contribution in [0.2, 0.25) is 0 Å². The Bertz CT molecular complexity index is 132. The zero-order chi connectivity index (χ0) is 8.16. The van der Waals surface area contributed by atoms with Crippen molar-refractivity contribution < 1.29 is 5.11 Å². The largest absolute Gasteiger partial charge is 0.396 e. The van der Waals surface area contributed by atoms with Gasteiger partial charge in [0.2, 0.25) is 0 Å². The summed E-state index contributed by atoms with van der Waals surface area (Å²) < 4.78 is 0. The number of hydrogen-bond acceptors (Lipinski definition) is 1. The minimum absolute atomic E-state index is 0.256. The van der Waals surface area contributed by atoms with Gasteiger partial charge in [0, 0.05) is 6.61 Å². The minimum Gasteiger partial charge on any atom is -0.396 e. The van der Waals surface area contributed by atoms with Crippen molar-refractivity contribution in [1.82, 2.24) is 0 Å². The molecule has 0 saturated heterocycles. The van der Waals surface area contributed by atoms with Gasteiger partial charge in [-0.25, -0.2) is 0 Å². The highest BCUT2D eigenvalue weighted by atomic mass is 16.3. The van der Waals surface area contributed by atoms with Gasteiger partial charge in [-0.15, -0.1) is 0 Å². The molecule has 0 aromatic carbocycles. The highest BCUT2D eigenvalue weighted by Gasteiger charge is 2.31. The van der Waals surface area contributed by atoms with Crippen molar-refractivity contribution in [3.05, 3.63) is 12.2 Å². The molecule has 0 bridgehead atoms. The van der Waals surface area contributed by atoms with E-state index in [9.17, 15) is 5.11 Å². The summed E-state index contributed by atoms with van der Waals surface area (Å²) >= 11 is 0. The van der Waals surface area contributed by atoms with Gasteiger partial charge in [0.15, 0.2) is 0 Å². The van der Waals surface area contributed by atoms with E-state index >= 15 is 0 Å². The lowest BCUT2D eigenvalue weighted by atomic mass is 9.84. The number of aliphatic hydroxyl groups is 1. The molecule has 0 atom stereocenters. The lowest BCUT2D eigenvalue weighted by Crippen LogP contribution is -2.20. The van der Waals surface area contributed by atoms with Crippen molar-refractivity contribution in [2.75, 3.05) is 6.61 Å². The molecular formula is C10H18O. The molecule has 0 radical (unpaired) electrons. The van der Waals surface area contributed by atoms with E-state index in [2.05, 4.69) is 12.2 Å². The molecule has 0 spiro atoms. The van der Waals surface area contributed by atoms with Crippen LogP contribution < -0.4 is 0 Å². The van der Waals surface area contributed by atoms with Crippen LogP contribution in [0.5, 0.6) is 0 Å². The number of rotatable bonds is 3. The van der Waals surface area contributed by atoms with Gasteiger partial charge in [0.05, 0.1) is 0 Å². The third kappa shape index (κ3) is 2.06. The lowest BCUT2D eigenvalue weighted by Gasteiger charge is -2.24. The second-order valence-corrected chi connectivity index (χ2v) is 3.64. The fraction of sp³-hybridized carbons (Fsp3) is 0.800. The lowest BCUT2D eigenvalue weighted by molar-refractivity contribution is 0.133. The zero-order valence-electron chi connectivity index (χ0n) is 7.34. The van der Waals surface area contributed by atoms with Crippen LogP contribution in [0.4, 0.5) is 0 Å². The van der Waals surface area contributed by atoms with Gasteiger partial charge in [0.25, 0.3) is 0 Å². The Hall–Kier alpha value is -0.300. The van der Waals surface area contributed by atoms with Crippen molar-refractivity contribution in [3.8, 4) is 0 Å². The summed E-state index contributed by atoms with van der Waals surface area (Å²) in [6.07, 6.45) is 10.4. The highest BCUT2D eigenvalue weighted by Crippen LogP contribution is 2.40. The second-order valence-electron chi connectivity index (χ2n) is 3.64. The first-order chi connectivity index (χ1) is 5.33. The number of allylic oxidation sites excluding steroid dienone is 2. The molecule has 0 aromatic heterocycles. The van der Waals surface area contributed by atoms with E-state index in [0.29, 0.717) is 6.61 Å². The van der Waals surface area contributed by atoms with Crippen LogP contribution >= 0.6 is 0 Å². The standard InChI is InChI=1S/C10H18O/c1-2-3-6-10(9-11)7-4-5-8-10/h2-3,11H,4-9H2,1H3/b3-2+. The summed E-state index contributed by atoms with van der Waals surface area (Å²) in [7, 11) is 0. The normalized spacial score (nSPS) is 23.1. The average molecular weight is 154 g/mol. The molecule has 1 rings (SSSR count). The molecular weight excluding hydrogens is 136 g/mol. The average Bonchev–Trinajstić information content (AvgIpc) is 2.50. The quantitative estimate of drug-likeness (QED) is 0.619. The molecule has 0 amide bonds. The van der Waals surface area contributed by atoms with E-state index in [0.717, 1.165) is 6.42 Å². The molecule has 1 fully saturated rings. The van der Waals surface area contributed by atoms with Gasteiger partial charge in [-0.05, 0) is 31.6 Å². The Morgan fingerprint density at radius 2 is 2.00 bits per heavy atom. The summed E-state index contributed by atoms with van der Waals surface area (Å²) in [5.41, 5.74) is 0.256. The van der Waals surface area contributed by atoms with Crippen LogP contribution in [0.3, 0.4) is 0 Å². The van der Waals surface area contributed by atoms with Crippen LogP contribution in [0, 0.1) is 5.41 Å². The van der Waals surface area contributed by atoms with Crippen molar-refractivity contribution in [2.45, 2.75) is 39.0 Å². The van der Waals surface area contributed by atoms with Gasteiger partial charge in [-0.2, -0.15) is 0 Å². The molecule has 1 aliphatic carbocycles. The predicted molar refractivity (Wildman–Crippen MR) is 47.4 cm³/mol. The predicted octanol–water partition coefficient (Wildman–Crippen LogP) is 2.51. The molecule has 1 heteroatoms. The molecule has 11 heavy (non-hydrogen) atoms. The fourth-order valence-electron chi connectivity index (χ4n) is 1.92. The maximum absolute atomic E-state index is 9.21. The Labute approximate surface area is 69.1 Å². The summed E-state index contributed by atoms with van der Waals surface area (Å²) in [5, 5.41) is 9.21. The first-order valence-electron chi connectivity index (χ1n) is 4.55. The maximum atomic E-state index is 9.21. The maximum Gasteiger partial charge on any atom is 0.0490 e. The first-order valence-corrected chi connectivity index (χ1v) is 4.55. The van der Waals surface area contributed by atoms with E-state index in [1.165, 1.54) is 25.7 Å². The highest BCUT2D eigenvalue weighted by molar-refractivity contribution is 4.92. The minimum atomic E-state index is 0.256. The van der Waals surface area contributed by atoms with Crippen LogP contribution in [0.15, 0.2) is 12.2 Å². The Balaban J connectivity index is 2.45. The van der Waals surface area contributed by atoms with Crippen LogP contribution in [-0.4, -0.2) is 11.7 Å². The smallest absolute Gasteiger partial charge is 0.0490 e. The number of aliphatic hydroxyl groups excluding tert-OH is 1. The molecule has 0 unspecified atom stereocenters. The number of hydrogen-bond donors (Lipinski definition) is 1. The summed E-state index contributed by atoms with van der Waals surface area (Å²) in [6.45, 7) is 2.41. The molecule has 1 saturated carbocycles. The van der Waals surface area contributed by atoms with Crippen molar-refractivity contribution in [2.24, 2.45) is 5.41 Å². The van der Waals surface area contributed by atoms with Crippen LogP contribution in [0.1, 0.15) is 39.0 Å². The van der Waals surface area contributed by atoms with Crippen LogP contribution in [0.25, 0.3) is 0 Å². The summed E-state index contributed by atoms with van der Waals surface area (Å²) in [4.78, 5) is 0. The van der Waals surface area contributed by atoms with Crippen molar-refractivity contribution in [1.29, 1.82) is 0 Å². The van der Waals surface area contributed by atoms with Gasteiger partial charge >= 0.3 is 0 Å². The molecule has 0 heterocycles. The topological polar surface area (TPSA) is 20.2 Å². The second kappa shape index (κ2) is 3.91. The fourth-order valence-corrected chi connectivity index (χ4v) is 1.92.